The molecule has 0 aromatic rings. The first kappa shape index (κ1) is 15.7. The fourth-order valence-electron chi connectivity index (χ4n) is 1.50. The van der Waals surface area contributed by atoms with Crippen molar-refractivity contribution in [2.45, 2.75) is 40.2 Å². The number of amides is 2. The molecular weight excluding hydrogens is 220 g/mol. The van der Waals surface area contributed by atoms with Crippen molar-refractivity contribution in [2.24, 2.45) is 5.92 Å². The van der Waals surface area contributed by atoms with E-state index in [4.69, 9.17) is 5.11 Å². The fraction of sp³-hybridized carbons (Fsp3) is 0.833. The number of carboxylic acids is 1. The number of carboxylic acid groups (broad SMARTS) is 1. The summed E-state index contributed by atoms with van der Waals surface area (Å²) in [5.74, 6) is -0.722. The Hall–Kier alpha value is -1.26. The van der Waals surface area contributed by atoms with Gasteiger partial charge in [-0.1, -0.05) is 20.8 Å². The van der Waals surface area contributed by atoms with Crippen LogP contribution < -0.4 is 0 Å². The molecule has 1 unspecified atom stereocenters. The van der Waals surface area contributed by atoms with E-state index in [1.165, 1.54) is 4.90 Å². The lowest BCUT2D eigenvalue weighted by atomic mass is 10.2. The van der Waals surface area contributed by atoms with E-state index >= 15 is 0 Å². The van der Waals surface area contributed by atoms with Crippen LogP contribution in [0.15, 0.2) is 0 Å². The molecule has 0 aromatic carbocycles. The van der Waals surface area contributed by atoms with Gasteiger partial charge in [0.25, 0.3) is 0 Å². The predicted octanol–water partition coefficient (Wildman–Crippen LogP) is 1.88. The summed E-state index contributed by atoms with van der Waals surface area (Å²) in [5, 5.41) is 8.81. The molecule has 0 aliphatic heterocycles. The molecule has 17 heavy (non-hydrogen) atoms. The number of aliphatic carboxylic acids is 1. The highest BCUT2D eigenvalue weighted by molar-refractivity contribution is 5.80. The lowest BCUT2D eigenvalue weighted by molar-refractivity contribution is -0.137. The Balaban J connectivity index is 4.66. The number of nitrogens with zero attached hydrogens (tertiary/aromatic N) is 2. The monoisotopic (exact) mass is 244 g/mol. The lowest BCUT2D eigenvalue weighted by Crippen LogP contribution is -2.48. The number of hydrogen-bond acceptors (Lipinski definition) is 2. The second kappa shape index (κ2) is 7.14. The zero-order chi connectivity index (χ0) is 13.6. The summed E-state index contributed by atoms with van der Waals surface area (Å²) in [6, 6.07) is -0.0959. The van der Waals surface area contributed by atoms with Crippen molar-refractivity contribution in [3.8, 4) is 0 Å². The van der Waals surface area contributed by atoms with Gasteiger partial charge >= 0.3 is 12.0 Å². The van der Waals surface area contributed by atoms with Crippen LogP contribution in [0.3, 0.4) is 0 Å². The normalized spacial score (nSPS) is 12.4. The molecule has 0 saturated heterocycles. The van der Waals surface area contributed by atoms with Crippen LogP contribution in [-0.2, 0) is 4.79 Å². The minimum Gasteiger partial charge on any atom is -0.480 e. The molecule has 2 amide bonds. The molecule has 0 aromatic heterocycles. The van der Waals surface area contributed by atoms with Crippen molar-refractivity contribution in [1.82, 2.24) is 9.80 Å². The molecule has 5 heteroatoms. The number of urea groups is 1. The summed E-state index contributed by atoms with van der Waals surface area (Å²) in [4.78, 5) is 25.8. The third-order valence-electron chi connectivity index (χ3n) is 2.74. The van der Waals surface area contributed by atoms with Crippen LogP contribution in [0, 0.1) is 5.92 Å². The van der Waals surface area contributed by atoms with Gasteiger partial charge in [0.1, 0.15) is 6.54 Å². The topological polar surface area (TPSA) is 60.9 Å². The van der Waals surface area contributed by atoms with Crippen molar-refractivity contribution in [2.75, 3.05) is 20.1 Å². The Morgan fingerprint density at radius 1 is 1.24 bits per heavy atom. The molecule has 0 spiro atoms. The highest BCUT2D eigenvalue weighted by Gasteiger charge is 2.23. The highest BCUT2D eigenvalue weighted by atomic mass is 16.4. The fourth-order valence-corrected chi connectivity index (χ4v) is 1.50. The summed E-state index contributed by atoms with van der Waals surface area (Å²) in [5.41, 5.74) is 0. The first-order valence-electron chi connectivity index (χ1n) is 6.03. The molecule has 1 N–H and O–H groups in total. The summed E-state index contributed by atoms with van der Waals surface area (Å²) >= 11 is 0. The SMILES string of the molecule is CCC(C)N(C)C(=O)N(CC(=O)O)CC(C)C. The summed E-state index contributed by atoms with van der Waals surface area (Å²) in [6.07, 6.45) is 0.852. The van der Waals surface area contributed by atoms with Gasteiger partial charge in [-0.25, -0.2) is 4.79 Å². The molecule has 0 saturated carbocycles. The molecule has 0 rings (SSSR count). The van der Waals surface area contributed by atoms with Gasteiger partial charge in [-0.3, -0.25) is 4.79 Å². The van der Waals surface area contributed by atoms with E-state index in [0.717, 1.165) is 6.42 Å². The molecule has 0 radical (unpaired) electrons. The average molecular weight is 244 g/mol. The van der Waals surface area contributed by atoms with Crippen molar-refractivity contribution in [1.29, 1.82) is 0 Å². The maximum Gasteiger partial charge on any atom is 0.323 e. The van der Waals surface area contributed by atoms with Gasteiger partial charge in [-0.2, -0.15) is 0 Å². The third kappa shape index (κ3) is 5.56. The van der Waals surface area contributed by atoms with Crippen LogP contribution in [0.4, 0.5) is 4.79 Å². The largest absolute Gasteiger partial charge is 0.480 e. The van der Waals surface area contributed by atoms with Gasteiger partial charge < -0.3 is 14.9 Å². The van der Waals surface area contributed by atoms with Crippen LogP contribution in [0.2, 0.25) is 0 Å². The van der Waals surface area contributed by atoms with Gasteiger partial charge in [0, 0.05) is 19.6 Å². The lowest BCUT2D eigenvalue weighted by Gasteiger charge is -2.31. The van der Waals surface area contributed by atoms with Crippen molar-refractivity contribution in [3.05, 3.63) is 0 Å². The zero-order valence-electron chi connectivity index (χ0n) is 11.4. The Bertz CT molecular complexity index is 266. The Labute approximate surface area is 103 Å². The van der Waals surface area contributed by atoms with Gasteiger partial charge in [-0.15, -0.1) is 0 Å². The van der Waals surface area contributed by atoms with Crippen LogP contribution in [0.25, 0.3) is 0 Å². The van der Waals surface area contributed by atoms with Crippen LogP contribution in [0.5, 0.6) is 0 Å². The quantitative estimate of drug-likeness (QED) is 0.776. The second-order valence-electron chi connectivity index (χ2n) is 4.82. The number of carbonyl (C=O) groups excluding carboxylic acids is 1. The summed E-state index contributed by atoms with van der Waals surface area (Å²) in [6.45, 7) is 8.10. The molecule has 0 fully saturated rings. The minimum atomic E-state index is -0.975. The Morgan fingerprint density at radius 2 is 1.76 bits per heavy atom. The Kier molecular flexibility index (Phi) is 6.61. The van der Waals surface area contributed by atoms with Gasteiger partial charge in [0.15, 0.2) is 0 Å². The van der Waals surface area contributed by atoms with E-state index in [2.05, 4.69) is 0 Å². The van der Waals surface area contributed by atoms with Crippen molar-refractivity contribution in [3.63, 3.8) is 0 Å². The van der Waals surface area contributed by atoms with Gasteiger partial charge in [-0.05, 0) is 19.3 Å². The maximum absolute atomic E-state index is 12.1. The third-order valence-corrected chi connectivity index (χ3v) is 2.74. The first-order chi connectivity index (χ1) is 7.79. The van der Waals surface area contributed by atoms with Crippen molar-refractivity contribution >= 4 is 12.0 Å². The van der Waals surface area contributed by atoms with E-state index in [0.29, 0.717) is 6.54 Å². The molecule has 5 nitrogen and oxygen atoms in total. The number of hydrogen-bond donors (Lipinski definition) is 1. The standard InChI is InChI=1S/C12H24N2O3/c1-6-10(4)13(5)12(17)14(7-9(2)3)8-11(15)16/h9-10H,6-8H2,1-5H3,(H,15,16). The molecular formula is C12H24N2O3. The maximum atomic E-state index is 12.1. The summed E-state index contributed by atoms with van der Waals surface area (Å²) in [7, 11) is 1.71. The molecule has 0 heterocycles. The average Bonchev–Trinajstić information content (AvgIpc) is 2.23. The van der Waals surface area contributed by atoms with E-state index < -0.39 is 5.97 Å². The molecule has 0 aliphatic rings. The number of rotatable bonds is 6. The van der Waals surface area contributed by atoms with Gasteiger partial charge in [0.05, 0.1) is 0 Å². The molecule has 0 bridgehead atoms. The van der Waals surface area contributed by atoms with E-state index in [-0.39, 0.29) is 24.5 Å². The van der Waals surface area contributed by atoms with Crippen LogP contribution in [0.1, 0.15) is 34.1 Å². The Morgan fingerprint density at radius 3 is 2.12 bits per heavy atom. The molecule has 1 atom stereocenters. The predicted molar refractivity (Wildman–Crippen MR) is 67.0 cm³/mol. The second-order valence-corrected chi connectivity index (χ2v) is 4.82. The number of carbonyl (C=O) groups is 2. The van der Waals surface area contributed by atoms with E-state index in [1.807, 2.05) is 27.7 Å². The van der Waals surface area contributed by atoms with Crippen LogP contribution in [-0.4, -0.2) is 53.1 Å². The first-order valence-corrected chi connectivity index (χ1v) is 6.03. The van der Waals surface area contributed by atoms with E-state index in [9.17, 15) is 9.59 Å². The minimum absolute atomic E-state index is 0.117. The molecule has 0 aliphatic carbocycles. The smallest absolute Gasteiger partial charge is 0.323 e. The van der Waals surface area contributed by atoms with Crippen LogP contribution >= 0.6 is 0 Å². The molecule has 100 valence electrons. The summed E-state index contributed by atoms with van der Waals surface area (Å²) < 4.78 is 0. The van der Waals surface area contributed by atoms with Crippen molar-refractivity contribution < 1.29 is 14.7 Å². The highest BCUT2D eigenvalue weighted by Crippen LogP contribution is 2.07. The zero-order valence-corrected chi connectivity index (χ0v) is 11.4. The van der Waals surface area contributed by atoms with Gasteiger partial charge in [0.2, 0.25) is 0 Å². The van der Waals surface area contributed by atoms with E-state index in [1.54, 1.807) is 11.9 Å².